The molecule has 0 N–H and O–H groups in total. The van der Waals surface area contributed by atoms with Gasteiger partial charge < -0.3 is 14.4 Å². The van der Waals surface area contributed by atoms with Gasteiger partial charge in [0.2, 0.25) is 0 Å². The number of rotatable bonds is 3. The molecule has 1 aliphatic heterocycles. The average molecular weight is 512 g/mol. The number of methoxy groups -OCH3 is 2. The van der Waals surface area contributed by atoms with Crippen LogP contribution in [-0.4, -0.2) is 26.2 Å². The van der Waals surface area contributed by atoms with Crippen LogP contribution in [0.5, 0.6) is 0 Å². The van der Waals surface area contributed by atoms with Crippen molar-refractivity contribution >= 4 is 72.7 Å². The Morgan fingerprint density at radius 1 is 1.08 bits per heavy atom. The number of esters is 2. The number of halogens is 4. The van der Waals surface area contributed by atoms with Gasteiger partial charge in [0, 0.05) is 10.7 Å². The SMILES string of the molecule is COC(=O)C1=C(C(=O)OC)N(c2c(Cl)cc(Br)c(Cl)c2Br)C=CC=C1. The van der Waals surface area contributed by atoms with E-state index in [0.29, 0.717) is 24.7 Å². The summed E-state index contributed by atoms with van der Waals surface area (Å²) in [6.45, 7) is 0. The Labute approximate surface area is 171 Å². The molecule has 1 heterocycles. The van der Waals surface area contributed by atoms with E-state index >= 15 is 0 Å². The number of allylic oxidation sites excluding steroid dienone is 2. The zero-order valence-corrected chi connectivity index (χ0v) is 17.7. The molecule has 2 rings (SSSR count). The maximum atomic E-state index is 12.4. The Morgan fingerprint density at radius 3 is 2.32 bits per heavy atom. The van der Waals surface area contributed by atoms with Crippen molar-refractivity contribution in [2.45, 2.75) is 0 Å². The Balaban J connectivity index is 2.81. The van der Waals surface area contributed by atoms with Crippen molar-refractivity contribution < 1.29 is 19.1 Å². The topological polar surface area (TPSA) is 55.8 Å². The summed E-state index contributed by atoms with van der Waals surface area (Å²) in [5.74, 6) is -1.43. The molecular weight excluding hydrogens is 501 g/mol. The monoisotopic (exact) mass is 509 g/mol. The van der Waals surface area contributed by atoms with Crippen LogP contribution in [0.2, 0.25) is 10.0 Å². The first-order valence-electron chi connectivity index (χ1n) is 6.71. The van der Waals surface area contributed by atoms with Crippen LogP contribution in [0.25, 0.3) is 0 Å². The van der Waals surface area contributed by atoms with Gasteiger partial charge in [-0.1, -0.05) is 29.3 Å². The van der Waals surface area contributed by atoms with Crippen LogP contribution in [0.4, 0.5) is 5.69 Å². The maximum Gasteiger partial charge on any atom is 0.355 e. The number of anilines is 1. The van der Waals surface area contributed by atoms with E-state index in [1.54, 1.807) is 24.4 Å². The second-order valence-electron chi connectivity index (χ2n) is 4.63. The maximum absolute atomic E-state index is 12.4. The first kappa shape index (κ1) is 20.0. The molecule has 0 radical (unpaired) electrons. The second kappa shape index (κ2) is 8.40. The third-order valence-electron chi connectivity index (χ3n) is 3.22. The van der Waals surface area contributed by atoms with Crippen LogP contribution in [0.1, 0.15) is 0 Å². The van der Waals surface area contributed by atoms with Crippen LogP contribution in [-0.2, 0) is 19.1 Å². The minimum atomic E-state index is -0.737. The van der Waals surface area contributed by atoms with Crippen molar-refractivity contribution in [1.29, 1.82) is 0 Å². The first-order chi connectivity index (χ1) is 11.8. The fourth-order valence-corrected chi connectivity index (χ4v) is 4.11. The molecule has 1 aromatic carbocycles. The fourth-order valence-electron chi connectivity index (χ4n) is 2.11. The highest BCUT2D eigenvalue weighted by Crippen LogP contribution is 2.45. The molecule has 5 nitrogen and oxygen atoms in total. The van der Waals surface area contributed by atoms with Crippen LogP contribution in [0.3, 0.4) is 0 Å². The summed E-state index contributed by atoms with van der Waals surface area (Å²) in [5, 5.41) is 0.647. The molecule has 1 aliphatic rings. The Kier molecular flexibility index (Phi) is 6.73. The van der Waals surface area contributed by atoms with E-state index in [4.69, 9.17) is 32.7 Å². The fraction of sp³-hybridized carbons (Fsp3) is 0.125. The largest absolute Gasteiger partial charge is 0.465 e. The lowest BCUT2D eigenvalue weighted by Crippen LogP contribution is -2.27. The van der Waals surface area contributed by atoms with Gasteiger partial charge in [-0.05, 0) is 50.1 Å². The summed E-state index contributed by atoms with van der Waals surface area (Å²) in [4.78, 5) is 26.0. The summed E-state index contributed by atoms with van der Waals surface area (Å²) in [6, 6.07) is 1.59. The van der Waals surface area contributed by atoms with Gasteiger partial charge in [-0.25, -0.2) is 9.59 Å². The highest BCUT2D eigenvalue weighted by Gasteiger charge is 2.30. The van der Waals surface area contributed by atoms with E-state index < -0.39 is 11.9 Å². The van der Waals surface area contributed by atoms with Crippen LogP contribution < -0.4 is 4.90 Å². The molecule has 0 saturated carbocycles. The quantitative estimate of drug-likeness (QED) is 0.324. The molecule has 0 unspecified atom stereocenters. The van der Waals surface area contributed by atoms with Gasteiger partial charge in [-0.15, -0.1) is 0 Å². The van der Waals surface area contributed by atoms with E-state index in [-0.39, 0.29) is 11.3 Å². The summed E-state index contributed by atoms with van der Waals surface area (Å²) in [7, 11) is 2.44. The molecule has 0 atom stereocenters. The molecule has 1 aromatic rings. The number of carbonyl (C=O) groups excluding carboxylic acids is 2. The van der Waals surface area contributed by atoms with Gasteiger partial charge in [-0.2, -0.15) is 0 Å². The van der Waals surface area contributed by atoms with Crippen molar-refractivity contribution in [1.82, 2.24) is 0 Å². The lowest BCUT2D eigenvalue weighted by molar-refractivity contribution is -0.139. The lowest BCUT2D eigenvalue weighted by Gasteiger charge is -2.25. The zero-order valence-electron chi connectivity index (χ0n) is 13.0. The molecule has 0 fully saturated rings. The standard InChI is InChI=1S/C16H11Br2Cl2NO4/c1-24-15(22)8-5-3-4-6-21(13(8)16(23)25-2)14-10(19)7-9(17)12(20)11(14)18/h3-7H,1-2H3. The molecule has 9 heteroatoms. The Morgan fingerprint density at radius 2 is 1.72 bits per heavy atom. The number of hydrogen-bond acceptors (Lipinski definition) is 5. The molecule has 132 valence electrons. The second-order valence-corrected chi connectivity index (χ2v) is 7.07. The summed E-state index contributed by atoms with van der Waals surface area (Å²) in [5.41, 5.74) is 0.332. The van der Waals surface area contributed by atoms with Gasteiger partial charge in [0.1, 0.15) is 5.70 Å². The third kappa shape index (κ3) is 3.95. The highest BCUT2D eigenvalue weighted by molar-refractivity contribution is 9.11. The van der Waals surface area contributed by atoms with Crippen molar-refractivity contribution in [2.75, 3.05) is 19.1 Å². The smallest absolute Gasteiger partial charge is 0.355 e. The number of benzene rings is 1. The number of hydrogen-bond donors (Lipinski definition) is 0. The molecule has 0 saturated heterocycles. The summed E-state index contributed by atoms with van der Waals surface area (Å²) in [6.07, 6.45) is 6.25. The minimum Gasteiger partial charge on any atom is -0.465 e. The van der Waals surface area contributed by atoms with E-state index in [1.807, 2.05) is 0 Å². The Bertz CT molecular complexity index is 834. The van der Waals surface area contributed by atoms with Crippen LogP contribution in [0, 0.1) is 0 Å². The summed E-state index contributed by atoms with van der Waals surface area (Å²) < 4.78 is 10.6. The van der Waals surface area contributed by atoms with E-state index in [0.717, 1.165) is 0 Å². The van der Waals surface area contributed by atoms with E-state index in [1.165, 1.54) is 25.2 Å². The zero-order chi connectivity index (χ0) is 18.7. The van der Waals surface area contributed by atoms with Gasteiger partial charge >= 0.3 is 11.9 Å². The van der Waals surface area contributed by atoms with Crippen molar-refractivity contribution in [2.24, 2.45) is 0 Å². The van der Waals surface area contributed by atoms with Gasteiger partial charge in [-0.3, -0.25) is 0 Å². The van der Waals surface area contributed by atoms with Crippen LogP contribution in [0.15, 0.2) is 50.7 Å². The van der Waals surface area contributed by atoms with Crippen molar-refractivity contribution in [3.8, 4) is 0 Å². The molecule has 0 bridgehead atoms. The Hall–Kier alpha value is -1.28. The van der Waals surface area contributed by atoms with Gasteiger partial charge in [0.15, 0.2) is 0 Å². The number of ether oxygens (including phenoxy) is 2. The van der Waals surface area contributed by atoms with Gasteiger partial charge in [0.25, 0.3) is 0 Å². The normalized spacial score (nSPS) is 13.8. The first-order valence-corrected chi connectivity index (χ1v) is 9.05. The van der Waals surface area contributed by atoms with E-state index in [2.05, 4.69) is 31.9 Å². The predicted molar refractivity (Wildman–Crippen MR) is 104 cm³/mol. The van der Waals surface area contributed by atoms with Crippen LogP contribution >= 0.6 is 55.1 Å². The highest BCUT2D eigenvalue weighted by atomic mass is 79.9. The van der Waals surface area contributed by atoms with Crippen molar-refractivity contribution in [3.05, 3.63) is 60.8 Å². The molecule has 25 heavy (non-hydrogen) atoms. The average Bonchev–Trinajstić information content (AvgIpc) is 2.81. The predicted octanol–water partition coefficient (Wildman–Crippen LogP) is 5.01. The van der Waals surface area contributed by atoms with E-state index in [9.17, 15) is 9.59 Å². The third-order valence-corrected chi connectivity index (χ3v) is 5.75. The minimum absolute atomic E-state index is 0.0151. The molecule has 0 aliphatic carbocycles. The van der Waals surface area contributed by atoms with Crippen molar-refractivity contribution in [3.63, 3.8) is 0 Å². The molecule has 0 amide bonds. The number of carbonyl (C=O) groups is 2. The number of nitrogens with zero attached hydrogens (tertiary/aromatic N) is 1. The van der Waals surface area contributed by atoms with Gasteiger partial charge in [0.05, 0.1) is 40.0 Å². The molecule has 0 spiro atoms. The molecule has 0 aromatic heterocycles. The summed E-state index contributed by atoms with van der Waals surface area (Å²) >= 11 is 19.3. The molecular formula is C16H11Br2Cl2NO4. The lowest BCUT2D eigenvalue weighted by atomic mass is 10.1.